The van der Waals surface area contributed by atoms with Crippen LogP contribution in [0.2, 0.25) is 0 Å². The van der Waals surface area contributed by atoms with Crippen LogP contribution >= 0.6 is 0 Å². The average molecular weight is 699 g/mol. The van der Waals surface area contributed by atoms with Crippen molar-refractivity contribution in [1.29, 1.82) is 0 Å². The molecule has 4 N–H and O–H groups in total. The quantitative estimate of drug-likeness (QED) is 0.0854. The molecule has 2 atom stereocenters. The zero-order valence-corrected chi connectivity index (χ0v) is 25.3. The summed E-state index contributed by atoms with van der Waals surface area (Å²) in [7, 11) is 1.96. The Bertz CT molecular complexity index is 1290. The van der Waals surface area contributed by atoms with E-state index in [1.54, 1.807) is 41.3 Å². The smallest absolute Gasteiger partial charge is 0 e. The number of benzene rings is 3. The molecule has 0 aromatic heterocycles. The van der Waals surface area contributed by atoms with E-state index in [0.717, 1.165) is 28.5 Å². The van der Waals surface area contributed by atoms with Gasteiger partial charge in [0.1, 0.15) is 0 Å². The number of carbonyl (C=O) groups excluding carboxylic acids is 2. The summed E-state index contributed by atoms with van der Waals surface area (Å²) in [4.78, 5) is 38.8. The van der Waals surface area contributed by atoms with Gasteiger partial charge in [0.2, 0.25) is 0 Å². The maximum absolute atomic E-state index is 13.1. The third-order valence-electron chi connectivity index (χ3n) is 6.61. The molecule has 1 aliphatic rings. The summed E-state index contributed by atoms with van der Waals surface area (Å²) in [5.74, 6) is -1.19. The molecule has 10 heteroatoms. The Morgan fingerprint density at radius 2 is 1.52 bits per heavy atom. The molecule has 1 saturated heterocycles. The summed E-state index contributed by atoms with van der Waals surface area (Å²) >= 11 is -0.0410. The second-order valence-electron chi connectivity index (χ2n) is 9.25. The van der Waals surface area contributed by atoms with Crippen LogP contribution in [-0.2, 0) is 21.3 Å². The molecule has 1 unspecified atom stereocenters. The zero-order valence-electron chi connectivity index (χ0n) is 22.1. The summed E-state index contributed by atoms with van der Waals surface area (Å²) in [6.45, 7) is 4.61. The van der Waals surface area contributed by atoms with Gasteiger partial charge in [-0.15, -0.1) is 0 Å². The zero-order chi connectivity index (χ0) is 27.8. The Labute approximate surface area is 255 Å². The molecular formula is C30H33IN4NiO4-2. The Hall–Kier alpha value is -2.95. The van der Waals surface area contributed by atoms with Gasteiger partial charge in [0.05, 0.1) is 5.56 Å². The van der Waals surface area contributed by atoms with Crippen molar-refractivity contribution in [3.8, 4) is 11.1 Å². The van der Waals surface area contributed by atoms with E-state index in [1.165, 1.54) is 5.56 Å². The van der Waals surface area contributed by atoms with Gasteiger partial charge < -0.3 is 5.11 Å². The number of rotatable bonds is 10. The molecule has 216 valence electrons. The average Bonchev–Trinajstić information content (AvgIpc) is 3.45. The van der Waals surface area contributed by atoms with E-state index in [4.69, 9.17) is 5.11 Å². The number of nitrogens with one attached hydrogen (secondary N) is 3. The minimum Gasteiger partial charge on any atom is 0 e. The van der Waals surface area contributed by atoms with E-state index >= 15 is 0 Å². The van der Waals surface area contributed by atoms with Crippen LogP contribution < -0.4 is 37.2 Å². The van der Waals surface area contributed by atoms with Gasteiger partial charge in [-0.2, -0.15) is 0 Å². The molecule has 3 aromatic rings. The number of carboxylic acids is 1. The van der Waals surface area contributed by atoms with Gasteiger partial charge in [-0.05, 0) is 35.4 Å². The molecular weight excluding hydrogens is 666 g/mol. The van der Waals surface area contributed by atoms with Crippen LogP contribution in [0.3, 0.4) is 0 Å². The molecule has 3 amide bonds. The van der Waals surface area contributed by atoms with E-state index in [9.17, 15) is 14.4 Å². The number of alkyl halides is 2. The Balaban J connectivity index is 0.00000441. The third-order valence-corrected chi connectivity index (χ3v) is 10.2. The van der Waals surface area contributed by atoms with Crippen LogP contribution in [0.5, 0.6) is 0 Å². The summed E-state index contributed by atoms with van der Waals surface area (Å²) in [6.07, 6.45) is 2.22. The molecule has 40 heavy (non-hydrogen) atoms. The fourth-order valence-electron chi connectivity index (χ4n) is 4.53. The first-order chi connectivity index (χ1) is 18.9. The molecule has 0 radical (unpaired) electrons. The van der Waals surface area contributed by atoms with E-state index < -0.39 is 12.0 Å². The van der Waals surface area contributed by atoms with E-state index in [0.29, 0.717) is 28.3 Å². The topological polar surface area (TPSA) is 111 Å². The summed E-state index contributed by atoms with van der Waals surface area (Å²) in [5.41, 5.74) is 4.60. The molecule has 0 bridgehead atoms. The normalized spacial score (nSPS) is 15.2. The summed E-state index contributed by atoms with van der Waals surface area (Å²) in [5, 5.41) is 18.2. The summed E-state index contributed by atoms with van der Waals surface area (Å²) in [6, 6.07) is 21.1. The molecule has 4 rings (SSSR count). The van der Waals surface area contributed by atoms with Gasteiger partial charge >= 0.3 is 165 Å². The minimum atomic E-state index is -0.966. The largest absolute Gasteiger partial charge is 0 e. The monoisotopic (exact) mass is 698 g/mol. The van der Waals surface area contributed by atoms with Gasteiger partial charge in [0, 0.05) is 16.5 Å². The molecule has 0 aliphatic carbocycles. The number of likely N-dealkylation sites (tertiary alicyclic amines) is 1. The number of hydrogen-bond acceptors (Lipinski definition) is 4. The van der Waals surface area contributed by atoms with Gasteiger partial charge in [-0.25, -0.2) is 4.79 Å². The molecule has 8 nitrogen and oxygen atoms in total. The predicted octanol–water partition coefficient (Wildman–Crippen LogP) is 2.22. The molecule has 0 saturated carbocycles. The molecule has 1 fully saturated rings. The maximum atomic E-state index is 13.1. The van der Waals surface area contributed by atoms with Crippen molar-refractivity contribution < 1.29 is 57.2 Å². The fraction of sp³-hybridized carbons (Fsp3) is 0.267. The van der Waals surface area contributed by atoms with Crippen LogP contribution in [0.4, 0.5) is 16.2 Å². The first-order valence-corrected chi connectivity index (χ1v) is 15.6. The first kappa shape index (κ1) is 31.6. The number of carboxylic acid groups (broad SMARTS) is 1. The van der Waals surface area contributed by atoms with Crippen molar-refractivity contribution in [2.45, 2.75) is 29.2 Å². The Kier molecular flexibility index (Phi) is 12.0. The van der Waals surface area contributed by atoms with Crippen LogP contribution in [0.1, 0.15) is 39.1 Å². The van der Waals surface area contributed by atoms with Gasteiger partial charge in [-0.3, -0.25) is 0 Å². The van der Waals surface area contributed by atoms with Crippen molar-refractivity contribution in [2.75, 3.05) is 28.8 Å². The maximum Gasteiger partial charge on any atom is 0 e. The van der Waals surface area contributed by atoms with Crippen molar-refractivity contribution >= 4 is 29.3 Å². The Morgan fingerprint density at radius 3 is 2.10 bits per heavy atom. The SMILES string of the molecule is [CH2-]CC([I-]CNC)c1ccc(NC(=O)N2CCC[C@@H]2C(=O)Nc2ccc(-c3ccc(C(=O)O)cc3)cc2)cc1.[Ni]. The summed E-state index contributed by atoms with van der Waals surface area (Å²) < 4.78 is 1.50. The third kappa shape index (κ3) is 8.05. The fourth-order valence-corrected chi connectivity index (χ4v) is 6.87. The first-order valence-electron chi connectivity index (χ1n) is 12.8. The van der Waals surface area contributed by atoms with Crippen LogP contribution in [0.15, 0.2) is 72.8 Å². The van der Waals surface area contributed by atoms with E-state index in [-0.39, 0.29) is 55.2 Å². The number of urea groups is 1. The molecule has 3 aromatic carbocycles. The van der Waals surface area contributed by atoms with Gasteiger partial charge in [0.25, 0.3) is 0 Å². The predicted molar refractivity (Wildman–Crippen MR) is 149 cm³/mol. The van der Waals surface area contributed by atoms with Gasteiger partial charge in [-0.1, -0.05) is 24.3 Å². The van der Waals surface area contributed by atoms with Crippen molar-refractivity contribution in [3.05, 3.63) is 90.8 Å². The van der Waals surface area contributed by atoms with Crippen molar-refractivity contribution in [2.24, 2.45) is 0 Å². The number of aromatic carboxylic acids is 1. The molecule has 0 spiro atoms. The van der Waals surface area contributed by atoms with Crippen molar-refractivity contribution in [3.63, 3.8) is 0 Å². The number of anilines is 2. The molecule has 1 aliphatic heterocycles. The van der Waals surface area contributed by atoms with Crippen LogP contribution in [-0.4, -0.2) is 52.1 Å². The van der Waals surface area contributed by atoms with Crippen LogP contribution in [0.25, 0.3) is 11.1 Å². The number of hydrogen-bond donors (Lipinski definition) is 4. The number of nitrogens with zero attached hydrogens (tertiary/aromatic N) is 1. The standard InChI is InChI=1S/C30H33IN4O4.Ni/c1-3-26(31-19-32-2)22-12-16-25(17-13-22)34-30(39)35-18-4-5-27(35)28(36)33-24-14-10-21(11-15-24)20-6-8-23(9-7-20)29(37)38;/h6-17,26-27,32H,1,3-5,18-19H2,2H3,(H,33,36)(H,34,39)(H,37,38);/q-2;/t26?,27-;/m1./s1. The minimum absolute atomic E-state index is 0. The Morgan fingerprint density at radius 1 is 0.950 bits per heavy atom. The second kappa shape index (κ2) is 15.2. The van der Waals surface area contributed by atoms with E-state index in [1.807, 2.05) is 31.3 Å². The van der Waals surface area contributed by atoms with Gasteiger partial charge in [0.15, 0.2) is 0 Å². The van der Waals surface area contributed by atoms with E-state index in [2.05, 4.69) is 35.0 Å². The van der Waals surface area contributed by atoms with Crippen LogP contribution in [0, 0.1) is 6.92 Å². The molecule has 1 heterocycles. The number of carbonyl (C=O) groups is 3. The number of halogens is 1. The van der Waals surface area contributed by atoms with Crippen molar-refractivity contribution in [1.82, 2.24) is 10.2 Å². The second-order valence-corrected chi connectivity index (χ2v) is 12.4. The number of amides is 3.